The van der Waals surface area contributed by atoms with E-state index in [-0.39, 0.29) is 12.2 Å². The lowest BCUT2D eigenvalue weighted by Gasteiger charge is -2.05. The zero-order valence-corrected chi connectivity index (χ0v) is 8.51. The van der Waals surface area contributed by atoms with Gasteiger partial charge >= 0.3 is 5.97 Å². The van der Waals surface area contributed by atoms with Crippen LogP contribution in [0.5, 0.6) is 0 Å². The van der Waals surface area contributed by atoms with Crippen molar-refractivity contribution in [1.29, 1.82) is 0 Å². The third-order valence-corrected chi connectivity index (χ3v) is 2.29. The molecule has 2 heterocycles. The molecule has 2 fully saturated rings. The number of rotatable bonds is 5. The predicted octanol–water partition coefficient (Wildman–Crippen LogP) is -0.366. The maximum atomic E-state index is 11.4. The summed E-state index contributed by atoms with van der Waals surface area (Å²) in [4.78, 5) is 11.4. The molecule has 2 rings (SSSR count). The highest BCUT2D eigenvalue weighted by atomic mass is 16.6. The molecule has 0 aliphatic carbocycles. The minimum atomic E-state index is -0.713. The Balaban J connectivity index is 1.76. The van der Waals surface area contributed by atoms with Gasteiger partial charge in [0, 0.05) is 5.57 Å². The van der Waals surface area contributed by atoms with Crippen LogP contribution in [0.4, 0.5) is 0 Å². The molecule has 0 radical (unpaired) electrons. The highest BCUT2D eigenvalue weighted by Gasteiger charge is 2.30. The van der Waals surface area contributed by atoms with E-state index >= 15 is 0 Å². The van der Waals surface area contributed by atoms with Gasteiger partial charge in [-0.25, -0.2) is 4.79 Å². The Morgan fingerprint density at radius 2 is 2.27 bits per heavy atom. The smallest absolute Gasteiger partial charge is 0.333 e. The fourth-order valence-corrected chi connectivity index (χ4v) is 1.13. The Bertz CT molecular complexity index is 278. The lowest BCUT2D eigenvalue weighted by Crippen LogP contribution is -2.16. The molecule has 3 unspecified atom stereocenters. The van der Waals surface area contributed by atoms with Crippen LogP contribution < -0.4 is 0 Å². The number of aliphatic hydroxyl groups excluding tert-OH is 1. The summed E-state index contributed by atoms with van der Waals surface area (Å²) in [6, 6.07) is 0. The summed E-state index contributed by atoms with van der Waals surface area (Å²) in [5.41, 5.74) is 0.402. The van der Waals surface area contributed by atoms with Gasteiger partial charge in [0.2, 0.25) is 0 Å². The van der Waals surface area contributed by atoms with Gasteiger partial charge in [0.15, 0.2) is 0 Å². The first-order chi connectivity index (χ1) is 7.16. The van der Waals surface area contributed by atoms with Gasteiger partial charge in [0.05, 0.1) is 13.2 Å². The summed E-state index contributed by atoms with van der Waals surface area (Å²) in [7, 11) is 0. The highest BCUT2D eigenvalue weighted by Crippen LogP contribution is 2.16. The summed E-state index contributed by atoms with van der Waals surface area (Å²) >= 11 is 0. The van der Waals surface area contributed by atoms with Crippen molar-refractivity contribution in [2.45, 2.75) is 25.2 Å². The molecule has 84 valence electrons. The second-order valence-electron chi connectivity index (χ2n) is 3.77. The standard InChI is InChI=1S/C10H14O5/c1-6(2-8(11)9-5-14-9)10(12)15-4-7-3-13-7/h2,7-9,11H,3-5H2,1H3. The molecule has 2 saturated heterocycles. The van der Waals surface area contributed by atoms with Crippen molar-refractivity contribution in [2.24, 2.45) is 0 Å². The van der Waals surface area contributed by atoms with Crippen molar-refractivity contribution in [3.63, 3.8) is 0 Å². The molecule has 0 aromatic rings. The van der Waals surface area contributed by atoms with Crippen LogP contribution in [0.25, 0.3) is 0 Å². The summed E-state index contributed by atoms with van der Waals surface area (Å²) < 4.78 is 14.7. The van der Waals surface area contributed by atoms with E-state index in [2.05, 4.69) is 0 Å². The third kappa shape index (κ3) is 3.30. The molecular formula is C10H14O5. The van der Waals surface area contributed by atoms with E-state index < -0.39 is 12.1 Å². The summed E-state index contributed by atoms with van der Waals surface area (Å²) in [6.45, 7) is 3.12. The number of hydrogen-bond acceptors (Lipinski definition) is 5. The molecule has 0 spiro atoms. The molecule has 3 atom stereocenters. The van der Waals surface area contributed by atoms with E-state index in [1.165, 1.54) is 6.08 Å². The van der Waals surface area contributed by atoms with E-state index in [9.17, 15) is 9.90 Å². The van der Waals surface area contributed by atoms with Gasteiger partial charge in [-0.2, -0.15) is 0 Å². The zero-order chi connectivity index (χ0) is 10.8. The fourth-order valence-electron chi connectivity index (χ4n) is 1.13. The van der Waals surface area contributed by atoms with Gasteiger partial charge in [-0.05, 0) is 13.0 Å². The molecule has 15 heavy (non-hydrogen) atoms. The van der Waals surface area contributed by atoms with Crippen molar-refractivity contribution in [3.8, 4) is 0 Å². The third-order valence-electron chi connectivity index (χ3n) is 2.29. The van der Waals surface area contributed by atoms with E-state index in [1.54, 1.807) is 6.92 Å². The van der Waals surface area contributed by atoms with E-state index in [0.717, 1.165) is 0 Å². The summed E-state index contributed by atoms with van der Waals surface area (Å²) in [5, 5.41) is 9.46. The van der Waals surface area contributed by atoms with Crippen molar-refractivity contribution in [2.75, 3.05) is 19.8 Å². The van der Waals surface area contributed by atoms with Crippen LogP contribution >= 0.6 is 0 Å². The first-order valence-corrected chi connectivity index (χ1v) is 4.93. The minimum absolute atomic E-state index is 0.0680. The number of ether oxygens (including phenoxy) is 3. The van der Waals surface area contributed by atoms with Crippen LogP contribution in [-0.4, -0.2) is 49.2 Å². The lowest BCUT2D eigenvalue weighted by atomic mass is 10.2. The van der Waals surface area contributed by atoms with Crippen molar-refractivity contribution in [3.05, 3.63) is 11.6 Å². The molecule has 2 aliphatic heterocycles. The van der Waals surface area contributed by atoms with Crippen LogP contribution in [0, 0.1) is 0 Å². The van der Waals surface area contributed by atoms with Crippen molar-refractivity contribution >= 4 is 5.97 Å². The molecule has 2 aliphatic rings. The molecule has 0 aromatic heterocycles. The number of hydrogen-bond donors (Lipinski definition) is 1. The fraction of sp³-hybridized carbons (Fsp3) is 0.700. The summed E-state index contributed by atoms with van der Waals surface area (Å²) in [5.74, 6) is -0.412. The second-order valence-corrected chi connectivity index (χ2v) is 3.77. The molecule has 0 bridgehead atoms. The minimum Gasteiger partial charge on any atom is -0.459 e. The average Bonchev–Trinajstić information content (AvgIpc) is 3.04. The molecule has 0 amide bonds. The Morgan fingerprint density at radius 1 is 1.60 bits per heavy atom. The predicted molar refractivity (Wildman–Crippen MR) is 50.2 cm³/mol. The monoisotopic (exact) mass is 214 g/mol. The van der Waals surface area contributed by atoms with Gasteiger partial charge in [0.25, 0.3) is 0 Å². The van der Waals surface area contributed by atoms with Crippen LogP contribution in [0.1, 0.15) is 6.92 Å². The Morgan fingerprint density at radius 3 is 2.80 bits per heavy atom. The number of epoxide rings is 2. The Labute approximate surface area is 87.6 Å². The zero-order valence-electron chi connectivity index (χ0n) is 8.51. The second kappa shape index (κ2) is 4.30. The first kappa shape index (κ1) is 10.6. The molecule has 0 saturated carbocycles. The molecule has 5 heteroatoms. The molecule has 0 aromatic carbocycles. The van der Waals surface area contributed by atoms with Gasteiger partial charge in [-0.1, -0.05) is 0 Å². The Hall–Kier alpha value is -0.910. The van der Waals surface area contributed by atoms with Crippen LogP contribution in [-0.2, 0) is 19.0 Å². The normalized spacial score (nSPS) is 30.9. The number of carbonyl (C=O) groups excluding carboxylic acids is 1. The van der Waals surface area contributed by atoms with Crippen LogP contribution in [0.3, 0.4) is 0 Å². The maximum Gasteiger partial charge on any atom is 0.333 e. The number of esters is 1. The van der Waals surface area contributed by atoms with Gasteiger partial charge in [-0.15, -0.1) is 0 Å². The van der Waals surface area contributed by atoms with Crippen LogP contribution in [0.15, 0.2) is 11.6 Å². The van der Waals surface area contributed by atoms with E-state index in [1.807, 2.05) is 0 Å². The average molecular weight is 214 g/mol. The first-order valence-electron chi connectivity index (χ1n) is 4.93. The van der Waals surface area contributed by atoms with Gasteiger partial charge in [0.1, 0.15) is 24.9 Å². The molecular weight excluding hydrogens is 200 g/mol. The SMILES string of the molecule is CC(=CC(O)C1CO1)C(=O)OCC1CO1. The van der Waals surface area contributed by atoms with Crippen LogP contribution in [0.2, 0.25) is 0 Å². The van der Waals surface area contributed by atoms with Gasteiger partial charge < -0.3 is 19.3 Å². The van der Waals surface area contributed by atoms with Gasteiger partial charge in [-0.3, -0.25) is 0 Å². The Kier molecular flexibility index (Phi) is 3.04. The van der Waals surface area contributed by atoms with E-state index in [0.29, 0.717) is 25.4 Å². The highest BCUT2D eigenvalue weighted by molar-refractivity contribution is 5.87. The maximum absolute atomic E-state index is 11.4. The number of aliphatic hydroxyl groups is 1. The summed E-state index contributed by atoms with van der Waals surface area (Å²) in [6.07, 6.45) is 0.668. The van der Waals surface area contributed by atoms with E-state index in [4.69, 9.17) is 14.2 Å². The molecule has 5 nitrogen and oxygen atoms in total. The molecule has 1 N–H and O–H groups in total. The topological polar surface area (TPSA) is 71.6 Å². The van der Waals surface area contributed by atoms with Crippen molar-refractivity contribution < 1.29 is 24.1 Å². The number of carbonyl (C=O) groups is 1. The largest absolute Gasteiger partial charge is 0.459 e. The van der Waals surface area contributed by atoms with Crippen molar-refractivity contribution in [1.82, 2.24) is 0 Å². The quantitative estimate of drug-likeness (QED) is 0.384. The lowest BCUT2D eigenvalue weighted by molar-refractivity contribution is -0.139.